The highest BCUT2D eigenvalue weighted by Gasteiger charge is 2.06. The third kappa shape index (κ3) is 3.89. The molecule has 1 aromatic heterocycles. The molecular weight excluding hydrogens is 304 g/mol. The summed E-state index contributed by atoms with van der Waals surface area (Å²) < 4.78 is 0.860. The minimum atomic E-state index is -0.160. The first-order chi connectivity index (χ1) is 9.19. The number of nitrogens with zero attached hydrogens (tertiary/aromatic N) is 1. The Kier molecular flexibility index (Phi) is 4.68. The van der Waals surface area contributed by atoms with Gasteiger partial charge in [-0.05, 0) is 45.6 Å². The van der Waals surface area contributed by atoms with Crippen molar-refractivity contribution in [2.24, 2.45) is 0 Å². The molecule has 0 unspecified atom stereocenters. The Morgan fingerprint density at radius 2 is 1.84 bits per heavy atom. The number of hydrogen-bond donors (Lipinski definition) is 1. The second-order valence-electron chi connectivity index (χ2n) is 4.21. The molecule has 1 N–H and O–H groups in total. The normalized spacial score (nSPS) is 10.2. The van der Waals surface area contributed by atoms with Crippen LogP contribution in [0.15, 0.2) is 47.1 Å². The van der Waals surface area contributed by atoms with Gasteiger partial charge in [-0.1, -0.05) is 31.2 Å². The van der Waals surface area contributed by atoms with Crippen LogP contribution >= 0.6 is 15.9 Å². The zero-order chi connectivity index (χ0) is 13.7. The minimum absolute atomic E-state index is 0.160. The van der Waals surface area contributed by atoms with Crippen LogP contribution in [0.3, 0.4) is 0 Å². The molecule has 0 saturated heterocycles. The fourth-order valence-corrected chi connectivity index (χ4v) is 1.91. The highest BCUT2D eigenvalue weighted by atomic mass is 79.9. The Hall–Kier alpha value is -1.68. The second kappa shape index (κ2) is 6.48. The Morgan fingerprint density at radius 3 is 2.42 bits per heavy atom. The monoisotopic (exact) mass is 318 g/mol. The third-order valence-corrected chi connectivity index (χ3v) is 3.31. The molecule has 0 bridgehead atoms. The highest BCUT2D eigenvalue weighted by Crippen LogP contribution is 2.08. The van der Waals surface area contributed by atoms with E-state index < -0.39 is 0 Å². The molecule has 1 heterocycles. The molecule has 0 spiro atoms. The van der Waals surface area contributed by atoms with E-state index in [1.165, 1.54) is 5.56 Å². The first-order valence-corrected chi connectivity index (χ1v) is 6.96. The third-order valence-electron chi connectivity index (χ3n) is 2.84. The summed E-state index contributed by atoms with van der Waals surface area (Å²) in [7, 11) is 0. The van der Waals surface area contributed by atoms with Gasteiger partial charge in [0.2, 0.25) is 0 Å². The average Bonchev–Trinajstić information content (AvgIpc) is 2.46. The Labute approximate surface area is 121 Å². The average molecular weight is 319 g/mol. The van der Waals surface area contributed by atoms with E-state index in [2.05, 4.69) is 45.3 Å². The van der Waals surface area contributed by atoms with Gasteiger partial charge < -0.3 is 5.32 Å². The van der Waals surface area contributed by atoms with Crippen LogP contribution in [0.1, 0.15) is 28.5 Å². The summed E-state index contributed by atoms with van der Waals surface area (Å²) in [5.74, 6) is -0.160. The zero-order valence-electron chi connectivity index (χ0n) is 10.7. The van der Waals surface area contributed by atoms with Gasteiger partial charge in [-0.2, -0.15) is 0 Å². The summed E-state index contributed by atoms with van der Waals surface area (Å²) in [6.45, 7) is 2.64. The maximum Gasteiger partial charge on any atom is 0.270 e. The zero-order valence-corrected chi connectivity index (χ0v) is 12.3. The second-order valence-corrected chi connectivity index (χ2v) is 5.13. The lowest BCUT2D eigenvalue weighted by Crippen LogP contribution is -2.23. The molecule has 1 aromatic carbocycles. The van der Waals surface area contributed by atoms with Gasteiger partial charge in [0.1, 0.15) is 5.69 Å². The lowest BCUT2D eigenvalue weighted by molar-refractivity contribution is 0.0946. The van der Waals surface area contributed by atoms with E-state index in [0.29, 0.717) is 12.2 Å². The molecule has 0 radical (unpaired) electrons. The Morgan fingerprint density at radius 1 is 1.16 bits per heavy atom. The van der Waals surface area contributed by atoms with E-state index in [0.717, 1.165) is 16.5 Å². The number of benzene rings is 1. The number of pyridine rings is 1. The summed E-state index contributed by atoms with van der Waals surface area (Å²) in [5.41, 5.74) is 2.81. The standard InChI is InChI=1S/C15H15BrN2O/c1-2-11-3-5-12(6-4-11)9-18-15(19)14-8-7-13(16)10-17-14/h3-8,10H,2,9H2,1H3,(H,18,19). The quantitative estimate of drug-likeness (QED) is 0.939. The van der Waals surface area contributed by atoms with Crippen molar-refractivity contribution in [1.29, 1.82) is 0 Å². The fourth-order valence-electron chi connectivity index (χ4n) is 1.68. The van der Waals surface area contributed by atoms with E-state index in [1.807, 2.05) is 12.1 Å². The molecule has 2 rings (SSSR count). The van der Waals surface area contributed by atoms with Gasteiger partial charge in [0.15, 0.2) is 0 Å². The molecule has 0 atom stereocenters. The SMILES string of the molecule is CCc1ccc(CNC(=O)c2ccc(Br)cn2)cc1. The molecule has 2 aromatic rings. The number of aromatic nitrogens is 1. The molecule has 1 amide bonds. The van der Waals surface area contributed by atoms with Crippen LogP contribution < -0.4 is 5.32 Å². The van der Waals surface area contributed by atoms with Crippen LogP contribution in [0.5, 0.6) is 0 Å². The summed E-state index contributed by atoms with van der Waals surface area (Å²) in [6, 6.07) is 11.7. The van der Waals surface area contributed by atoms with Crippen molar-refractivity contribution in [2.45, 2.75) is 19.9 Å². The summed E-state index contributed by atoms with van der Waals surface area (Å²) >= 11 is 3.29. The lowest BCUT2D eigenvalue weighted by atomic mass is 10.1. The molecule has 0 fully saturated rings. The predicted molar refractivity (Wildman–Crippen MR) is 78.9 cm³/mol. The molecule has 19 heavy (non-hydrogen) atoms. The van der Waals surface area contributed by atoms with Gasteiger partial charge in [-0.25, -0.2) is 4.98 Å². The Balaban J connectivity index is 1.94. The summed E-state index contributed by atoms with van der Waals surface area (Å²) in [5, 5.41) is 2.86. The van der Waals surface area contributed by atoms with Crippen molar-refractivity contribution in [1.82, 2.24) is 10.3 Å². The number of carbonyl (C=O) groups excluding carboxylic acids is 1. The number of amides is 1. The van der Waals surface area contributed by atoms with E-state index in [1.54, 1.807) is 18.3 Å². The van der Waals surface area contributed by atoms with Crippen LogP contribution in [-0.4, -0.2) is 10.9 Å². The molecule has 0 aliphatic carbocycles. The van der Waals surface area contributed by atoms with Gasteiger partial charge >= 0.3 is 0 Å². The summed E-state index contributed by atoms with van der Waals surface area (Å²) in [6.07, 6.45) is 2.64. The first-order valence-electron chi connectivity index (χ1n) is 6.16. The Bertz CT molecular complexity index is 549. The van der Waals surface area contributed by atoms with Gasteiger partial charge in [0.05, 0.1) is 0 Å². The van der Waals surface area contributed by atoms with Crippen molar-refractivity contribution in [2.75, 3.05) is 0 Å². The van der Waals surface area contributed by atoms with Crippen molar-refractivity contribution in [3.8, 4) is 0 Å². The van der Waals surface area contributed by atoms with Gasteiger partial charge in [-0.15, -0.1) is 0 Å². The number of nitrogens with one attached hydrogen (secondary N) is 1. The van der Waals surface area contributed by atoms with Crippen molar-refractivity contribution in [3.63, 3.8) is 0 Å². The van der Waals surface area contributed by atoms with Crippen molar-refractivity contribution in [3.05, 3.63) is 63.9 Å². The first kappa shape index (κ1) is 13.7. The largest absolute Gasteiger partial charge is 0.347 e. The minimum Gasteiger partial charge on any atom is -0.347 e. The molecule has 0 saturated carbocycles. The smallest absolute Gasteiger partial charge is 0.270 e. The number of halogens is 1. The molecular formula is C15H15BrN2O. The van der Waals surface area contributed by atoms with Gasteiger partial charge in [-0.3, -0.25) is 4.79 Å². The number of hydrogen-bond acceptors (Lipinski definition) is 2. The van der Waals surface area contributed by atoms with Crippen molar-refractivity contribution >= 4 is 21.8 Å². The number of carbonyl (C=O) groups is 1. The van der Waals surface area contributed by atoms with Crippen LogP contribution in [0.4, 0.5) is 0 Å². The lowest BCUT2D eigenvalue weighted by Gasteiger charge is -2.05. The predicted octanol–water partition coefficient (Wildman–Crippen LogP) is 3.34. The van der Waals surface area contributed by atoms with Gasteiger partial charge in [0, 0.05) is 17.2 Å². The molecule has 0 aliphatic rings. The topological polar surface area (TPSA) is 42.0 Å². The molecule has 98 valence electrons. The maximum atomic E-state index is 11.9. The van der Waals surface area contributed by atoms with E-state index in [-0.39, 0.29) is 5.91 Å². The van der Waals surface area contributed by atoms with E-state index >= 15 is 0 Å². The fraction of sp³-hybridized carbons (Fsp3) is 0.200. The summed E-state index contributed by atoms with van der Waals surface area (Å²) in [4.78, 5) is 15.9. The molecule has 0 aliphatic heterocycles. The highest BCUT2D eigenvalue weighted by molar-refractivity contribution is 9.10. The van der Waals surface area contributed by atoms with Crippen molar-refractivity contribution < 1.29 is 4.79 Å². The van der Waals surface area contributed by atoms with E-state index in [4.69, 9.17) is 0 Å². The maximum absolute atomic E-state index is 11.9. The van der Waals surface area contributed by atoms with Crippen LogP contribution in [-0.2, 0) is 13.0 Å². The van der Waals surface area contributed by atoms with Crippen LogP contribution in [0, 0.1) is 0 Å². The van der Waals surface area contributed by atoms with E-state index in [9.17, 15) is 4.79 Å². The molecule has 3 nitrogen and oxygen atoms in total. The van der Waals surface area contributed by atoms with Crippen LogP contribution in [0.25, 0.3) is 0 Å². The number of aryl methyl sites for hydroxylation is 1. The van der Waals surface area contributed by atoms with Gasteiger partial charge in [0.25, 0.3) is 5.91 Å². The molecule has 4 heteroatoms. The number of rotatable bonds is 4. The van der Waals surface area contributed by atoms with Crippen LogP contribution in [0.2, 0.25) is 0 Å².